The van der Waals surface area contributed by atoms with Crippen molar-refractivity contribution in [2.24, 2.45) is 15.5 Å². The van der Waals surface area contributed by atoms with Gasteiger partial charge in [-0.15, -0.1) is 4.40 Å². The molecule has 0 bridgehead atoms. The molecule has 1 aromatic carbocycles. The van der Waals surface area contributed by atoms with Crippen LogP contribution in [-0.2, 0) is 15.8 Å². The number of hydrogen-bond acceptors (Lipinski definition) is 6. The number of aromatic nitrogens is 1. The SMILES string of the molecule is Cc1cc(C(=O)CC2(COc3cccc4c3C(N)=NS(=O)(=O)C4)CCCC2)ccn1. The van der Waals surface area contributed by atoms with Gasteiger partial charge in [0.05, 0.1) is 17.9 Å². The maximum Gasteiger partial charge on any atom is 0.259 e. The fourth-order valence-electron chi connectivity index (χ4n) is 4.42. The lowest BCUT2D eigenvalue weighted by Gasteiger charge is -2.29. The highest BCUT2D eigenvalue weighted by Crippen LogP contribution is 2.43. The number of ether oxygens (including phenoxy) is 1. The molecule has 4 rings (SSSR count). The fraction of sp³-hybridized carbons (Fsp3) is 0.409. The standard InChI is InChI=1S/C22H25N3O4S/c1-15-11-16(7-10-24-15)18(26)12-22(8-2-3-9-22)14-29-19-6-4-5-17-13-30(27,28)25-21(23)20(17)19/h4-7,10-11H,2-3,8-9,12-14H2,1H3,(H2,23,25). The monoisotopic (exact) mass is 427 g/mol. The van der Waals surface area contributed by atoms with Gasteiger partial charge in [0.25, 0.3) is 10.0 Å². The first-order valence-corrected chi connectivity index (χ1v) is 11.7. The fourth-order valence-corrected chi connectivity index (χ4v) is 5.51. The molecule has 0 unspecified atom stereocenters. The van der Waals surface area contributed by atoms with Crippen molar-refractivity contribution in [3.05, 3.63) is 58.9 Å². The minimum absolute atomic E-state index is 0.0457. The average Bonchev–Trinajstić information content (AvgIpc) is 3.13. The minimum Gasteiger partial charge on any atom is -0.492 e. The molecular formula is C22H25N3O4S. The van der Waals surface area contributed by atoms with Gasteiger partial charge in [-0.25, -0.2) is 8.42 Å². The van der Waals surface area contributed by atoms with Gasteiger partial charge in [0.2, 0.25) is 0 Å². The van der Waals surface area contributed by atoms with Crippen LogP contribution in [0.3, 0.4) is 0 Å². The molecule has 1 saturated carbocycles. The van der Waals surface area contributed by atoms with Crippen LogP contribution >= 0.6 is 0 Å². The van der Waals surface area contributed by atoms with E-state index in [4.69, 9.17) is 10.5 Å². The summed E-state index contributed by atoms with van der Waals surface area (Å²) in [5, 5.41) is 0. The first kappa shape index (κ1) is 20.5. The molecule has 1 aliphatic carbocycles. The summed E-state index contributed by atoms with van der Waals surface area (Å²) in [5.41, 5.74) is 8.31. The molecule has 2 aliphatic rings. The molecule has 8 heteroatoms. The average molecular weight is 428 g/mol. The number of amidine groups is 1. The van der Waals surface area contributed by atoms with Gasteiger partial charge in [0, 0.05) is 29.3 Å². The highest BCUT2D eigenvalue weighted by atomic mass is 32.2. The summed E-state index contributed by atoms with van der Waals surface area (Å²) >= 11 is 0. The van der Waals surface area contributed by atoms with Gasteiger partial charge in [-0.1, -0.05) is 25.0 Å². The van der Waals surface area contributed by atoms with Gasteiger partial charge in [-0.2, -0.15) is 0 Å². The molecule has 158 valence electrons. The molecular weight excluding hydrogens is 402 g/mol. The Morgan fingerprint density at radius 1 is 1.23 bits per heavy atom. The lowest BCUT2D eigenvalue weighted by Crippen LogP contribution is -2.30. The molecule has 1 aliphatic heterocycles. The van der Waals surface area contributed by atoms with Crippen molar-refractivity contribution in [2.75, 3.05) is 6.61 Å². The number of pyridine rings is 1. The minimum atomic E-state index is -3.60. The van der Waals surface area contributed by atoms with Crippen LogP contribution in [0.15, 0.2) is 40.9 Å². The molecule has 0 saturated heterocycles. The Hall–Kier alpha value is -2.74. The third-order valence-corrected chi connectivity index (χ3v) is 7.05. The summed E-state index contributed by atoms with van der Waals surface area (Å²) in [7, 11) is -3.60. The van der Waals surface area contributed by atoms with Gasteiger partial charge in [-0.3, -0.25) is 9.78 Å². The Labute approximate surface area is 176 Å². The molecule has 0 radical (unpaired) electrons. The second-order valence-electron chi connectivity index (χ2n) is 8.27. The lowest BCUT2D eigenvalue weighted by atomic mass is 9.80. The summed E-state index contributed by atoms with van der Waals surface area (Å²) < 4.78 is 33.6. The number of hydrogen-bond donors (Lipinski definition) is 1. The summed E-state index contributed by atoms with van der Waals surface area (Å²) in [6.45, 7) is 2.25. The quantitative estimate of drug-likeness (QED) is 0.709. The number of fused-ring (bicyclic) bond motifs is 1. The molecule has 7 nitrogen and oxygen atoms in total. The zero-order chi connectivity index (χ0) is 21.4. The summed E-state index contributed by atoms with van der Waals surface area (Å²) in [6.07, 6.45) is 6.00. The number of sulfonamides is 1. The van der Waals surface area contributed by atoms with E-state index in [9.17, 15) is 13.2 Å². The summed E-state index contributed by atoms with van der Waals surface area (Å²) in [4.78, 5) is 17.1. The number of aryl methyl sites for hydroxylation is 1. The lowest BCUT2D eigenvalue weighted by molar-refractivity contribution is 0.0828. The predicted molar refractivity (Wildman–Crippen MR) is 114 cm³/mol. The van der Waals surface area contributed by atoms with Gasteiger partial charge in [0.15, 0.2) is 5.78 Å². The highest BCUT2D eigenvalue weighted by molar-refractivity contribution is 7.89. The number of carbonyl (C=O) groups is 1. The van der Waals surface area contributed by atoms with E-state index in [0.717, 1.165) is 31.4 Å². The van der Waals surface area contributed by atoms with Gasteiger partial charge in [0.1, 0.15) is 11.6 Å². The van der Waals surface area contributed by atoms with Crippen LogP contribution in [0.1, 0.15) is 59.3 Å². The van der Waals surface area contributed by atoms with Crippen LogP contribution in [0, 0.1) is 12.3 Å². The predicted octanol–water partition coefficient (Wildman–Crippen LogP) is 3.15. The molecule has 2 aromatic rings. The second-order valence-corrected chi connectivity index (χ2v) is 9.91. The summed E-state index contributed by atoms with van der Waals surface area (Å²) in [6, 6.07) is 8.83. The van der Waals surface area contributed by atoms with Crippen molar-refractivity contribution in [1.29, 1.82) is 0 Å². The number of Topliss-reactive ketones (excluding diaryl/α,β-unsaturated/α-hetero) is 1. The third kappa shape index (κ3) is 4.23. The largest absolute Gasteiger partial charge is 0.492 e. The van der Waals surface area contributed by atoms with Crippen molar-refractivity contribution in [3.8, 4) is 5.75 Å². The first-order chi connectivity index (χ1) is 14.3. The summed E-state index contributed by atoms with van der Waals surface area (Å²) in [5.74, 6) is 0.372. The molecule has 2 heterocycles. The Morgan fingerprint density at radius 2 is 2.00 bits per heavy atom. The molecule has 1 aromatic heterocycles. The zero-order valence-electron chi connectivity index (χ0n) is 16.9. The van der Waals surface area contributed by atoms with E-state index in [2.05, 4.69) is 9.38 Å². The molecule has 0 atom stereocenters. The zero-order valence-corrected chi connectivity index (χ0v) is 17.7. The van der Waals surface area contributed by atoms with Gasteiger partial charge in [-0.05, 0) is 43.5 Å². The number of carbonyl (C=O) groups excluding carboxylic acids is 1. The molecule has 2 N–H and O–H groups in total. The van der Waals surface area contributed by atoms with E-state index < -0.39 is 10.0 Å². The maximum absolute atomic E-state index is 12.9. The molecule has 0 spiro atoms. The number of benzene rings is 1. The van der Waals surface area contributed by atoms with E-state index in [1.165, 1.54) is 0 Å². The smallest absolute Gasteiger partial charge is 0.259 e. The topological polar surface area (TPSA) is 112 Å². The van der Waals surface area contributed by atoms with Crippen LogP contribution in [0.4, 0.5) is 0 Å². The van der Waals surface area contributed by atoms with Crippen molar-refractivity contribution in [3.63, 3.8) is 0 Å². The number of rotatable bonds is 6. The molecule has 0 amide bonds. The van der Waals surface area contributed by atoms with Crippen molar-refractivity contribution in [2.45, 2.75) is 44.8 Å². The highest BCUT2D eigenvalue weighted by Gasteiger charge is 2.37. The third-order valence-electron chi connectivity index (χ3n) is 5.90. The number of nitrogens with two attached hydrogens (primary N) is 1. The number of nitrogens with zero attached hydrogens (tertiary/aromatic N) is 2. The second kappa shape index (κ2) is 7.83. The van der Waals surface area contributed by atoms with Crippen molar-refractivity contribution in [1.82, 2.24) is 4.98 Å². The Kier molecular flexibility index (Phi) is 5.36. The Bertz CT molecular complexity index is 1120. The Balaban J connectivity index is 1.55. The van der Waals surface area contributed by atoms with E-state index in [-0.39, 0.29) is 22.8 Å². The van der Waals surface area contributed by atoms with Crippen LogP contribution in [0.25, 0.3) is 0 Å². The van der Waals surface area contributed by atoms with Gasteiger partial charge < -0.3 is 10.5 Å². The van der Waals surface area contributed by atoms with Crippen LogP contribution in [0.5, 0.6) is 5.75 Å². The van der Waals surface area contributed by atoms with Crippen LogP contribution in [0.2, 0.25) is 0 Å². The van der Waals surface area contributed by atoms with E-state index in [0.29, 0.717) is 35.5 Å². The van der Waals surface area contributed by atoms with Crippen molar-refractivity contribution < 1.29 is 17.9 Å². The first-order valence-electron chi connectivity index (χ1n) is 10.1. The van der Waals surface area contributed by atoms with E-state index in [1.54, 1.807) is 30.5 Å². The van der Waals surface area contributed by atoms with Crippen LogP contribution in [-0.4, -0.2) is 31.6 Å². The maximum atomic E-state index is 12.9. The Morgan fingerprint density at radius 3 is 2.73 bits per heavy atom. The normalized spacial score (nSPS) is 19.0. The van der Waals surface area contributed by atoms with Crippen molar-refractivity contribution >= 4 is 21.6 Å². The van der Waals surface area contributed by atoms with E-state index in [1.807, 2.05) is 13.0 Å². The molecule has 1 fully saturated rings. The van der Waals surface area contributed by atoms with Gasteiger partial charge >= 0.3 is 0 Å². The van der Waals surface area contributed by atoms with Crippen LogP contribution < -0.4 is 10.5 Å². The molecule has 30 heavy (non-hydrogen) atoms. The van der Waals surface area contributed by atoms with E-state index >= 15 is 0 Å². The number of ketones is 1.